The minimum atomic E-state index is -0.221. The van der Waals surface area contributed by atoms with Crippen LogP contribution in [-0.2, 0) is 0 Å². The normalized spacial score (nSPS) is 18.4. The van der Waals surface area contributed by atoms with Crippen molar-refractivity contribution in [3.8, 4) is 0 Å². The Balaban J connectivity index is 1.87. The van der Waals surface area contributed by atoms with Crippen LogP contribution in [0.1, 0.15) is 32.1 Å². The lowest BCUT2D eigenvalue weighted by atomic mass is 9.82. The Hall–Kier alpha value is -1.75. The molecule has 2 N–H and O–H groups in total. The Bertz CT molecular complexity index is 566. The summed E-state index contributed by atoms with van der Waals surface area (Å²) in [4.78, 5) is 12.9. The van der Waals surface area contributed by atoms with E-state index in [0.717, 1.165) is 37.0 Å². The molecular formula is C14H18N4O. The molecule has 1 aliphatic rings. The highest BCUT2D eigenvalue weighted by atomic mass is 16.3. The van der Waals surface area contributed by atoms with Gasteiger partial charge >= 0.3 is 0 Å². The third kappa shape index (κ3) is 2.51. The molecule has 5 heteroatoms. The molecule has 0 atom stereocenters. The van der Waals surface area contributed by atoms with Crippen LogP contribution in [0.3, 0.4) is 0 Å². The van der Waals surface area contributed by atoms with E-state index < -0.39 is 0 Å². The Labute approximate surface area is 112 Å². The van der Waals surface area contributed by atoms with Gasteiger partial charge in [-0.15, -0.1) is 0 Å². The summed E-state index contributed by atoms with van der Waals surface area (Å²) < 4.78 is 0. The van der Waals surface area contributed by atoms with Crippen LogP contribution in [0.25, 0.3) is 11.2 Å². The molecular weight excluding hydrogens is 240 g/mol. The van der Waals surface area contributed by atoms with Gasteiger partial charge in [0.05, 0.1) is 12.1 Å². The van der Waals surface area contributed by atoms with Crippen molar-refractivity contribution >= 4 is 17.0 Å². The van der Waals surface area contributed by atoms with E-state index in [9.17, 15) is 5.11 Å². The Morgan fingerprint density at radius 2 is 1.89 bits per heavy atom. The summed E-state index contributed by atoms with van der Waals surface area (Å²) in [6.45, 7) is 0.146. The van der Waals surface area contributed by atoms with Crippen molar-refractivity contribution in [2.45, 2.75) is 37.6 Å². The molecule has 1 aliphatic carbocycles. The summed E-state index contributed by atoms with van der Waals surface area (Å²) in [5, 5.41) is 13.1. The average molecular weight is 258 g/mol. The van der Waals surface area contributed by atoms with E-state index in [2.05, 4.69) is 20.3 Å². The molecule has 0 aliphatic heterocycles. The van der Waals surface area contributed by atoms with Gasteiger partial charge < -0.3 is 10.4 Å². The smallest absolute Gasteiger partial charge is 0.180 e. The lowest BCUT2D eigenvalue weighted by Gasteiger charge is -2.36. The number of anilines is 1. The highest BCUT2D eigenvalue weighted by Gasteiger charge is 2.31. The predicted octanol–water partition coefficient (Wildman–Crippen LogP) is 2.13. The van der Waals surface area contributed by atoms with Gasteiger partial charge in [0.25, 0.3) is 0 Å². The van der Waals surface area contributed by atoms with E-state index in [-0.39, 0.29) is 12.1 Å². The van der Waals surface area contributed by atoms with Crippen LogP contribution >= 0.6 is 0 Å². The molecule has 2 heterocycles. The SMILES string of the molecule is OCC1(Nc2ccc3nccnc3n2)CCCCC1. The van der Waals surface area contributed by atoms with Crippen molar-refractivity contribution in [3.63, 3.8) is 0 Å². The van der Waals surface area contributed by atoms with Crippen molar-refractivity contribution in [1.82, 2.24) is 15.0 Å². The number of hydrogen-bond acceptors (Lipinski definition) is 5. The van der Waals surface area contributed by atoms with Gasteiger partial charge in [-0.2, -0.15) is 0 Å². The molecule has 1 saturated carbocycles. The molecule has 2 aromatic heterocycles. The number of rotatable bonds is 3. The van der Waals surface area contributed by atoms with Gasteiger partial charge in [-0.1, -0.05) is 19.3 Å². The monoisotopic (exact) mass is 258 g/mol. The quantitative estimate of drug-likeness (QED) is 0.882. The van der Waals surface area contributed by atoms with Gasteiger partial charge in [0.15, 0.2) is 5.65 Å². The van der Waals surface area contributed by atoms with Gasteiger partial charge in [-0.05, 0) is 25.0 Å². The highest BCUT2D eigenvalue weighted by molar-refractivity contribution is 5.71. The summed E-state index contributed by atoms with van der Waals surface area (Å²) >= 11 is 0. The van der Waals surface area contributed by atoms with Gasteiger partial charge in [0, 0.05) is 12.4 Å². The molecule has 19 heavy (non-hydrogen) atoms. The maximum absolute atomic E-state index is 9.70. The van der Waals surface area contributed by atoms with Crippen molar-refractivity contribution in [2.75, 3.05) is 11.9 Å². The number of nitrogens with one attached hydrogen (secondary N) is 1. The first-order valence-corrected chi connectivity index (χ1v) is 6.78. The van der Waals surface area contributed by atoms with E-state index in [1.807, 2.05) is 12.1 Å². The third-order valence-corrected chi connectivity index (χ3v) is 3.84. The minimum Gasteiger partial charge on any atom is -0.394 e. The fourth-order valence-corrected chi connectivity index (χ4v) is 2.75. The van der Waals surface area contributed by atoms with E-state index >= 15 is 0 Å². The number of hydrogen-bond donors (Lipinski definition) is 2. The fraction of sp³-hybridized carbons (Fsp3) is 0.500. The van der Waals surface area contributed by atoms with Crippen LogP contribution in [0.15, 0.2) is 24.5 Å². The molecule has 100 valence electrons. The standard InChI is InChI=1S/C14H18N4O/c19-10-14(6-2-1-3-7-14)18-12-5-4-11-13(17-12)16-9-8-15-11/h4-5,8-9,19H,1-3,6-7,10H2,(H,16,17,18). The Morgan fingerprint density at radius 3 is 2.68 bits per heavy atom. The van der Waals surface area contributed by atoms with Crippen molar-refractivity contribution in [1.29, 1.82) is 0 Å². The Morgan fingerprint density at radius 1 is 1.11 bits per heavy atom. The van der Waals surface area contributed by atoms with E-state index in [1.54, 1.807) is 12.4 Å². The highest BCUT2D eigenvalue weighted by Crippen LogP contribution is 2.31. The van der Waals surface area contributed by atoms with Crippen LogP contribution in [0.5, 0.6) is 0 Å². The topological polar surface area (TPSA) is 70.9 Å². The summed E-state index contributed by atoms with van der Waals surface area (Å²) in [5.41, 5.74) is 1.20. The molecule has 2 aromatic rings. The lowest BCUT2D eigenvalue weighted by Crippen LogP contribution is -2.44. The first-order valence-electron chi connectivity index (χ1n) is 6.78. The maximum Gasteiger partial charge on any atom is 0.180 e. The van der Waals surface area contributed by atoms with Crippen LogP contribution < -0.4 is 5.32 Å². The summed E-state index contributed by atoms with van der Waals surface area (Å²) in [5.74, 6) is 0.768. The molecule has 0 bridgehead atoms. The van der Waals surface area contributed by atoms with Crippen LogP contribution in [0.4, 0.5) is 5.82 Å². The lowest BCUT2D eigenvalue weighted by molar-refractivity contribution is 0.172. The number of aliphatic hydroxyl groups excluding tert-OH is 1. The third-order valence-electron chi connectivity index (χ3n) is 3.84. The number of aromatic nitrogens is 3. The maximum atomic E-state index is 9.70. The van der Waals surface area contributed by atoms with Crippen molar-refractivity contribution < 1.29 is 5.11 Å². The molecule has 0 unspecified atom stereocenters. The van der Waals surface area contributed by atoms with Gasteiger partial charge in [-0.25, -0.2) is 9.97 Å². The predicted molar refractivity (Wildman–Crippen MR) is 73.9 cm³/mol. The number of nitrogens with zero attached hydrogens (tertiary/aromatic N) is 3. The second-order valence-corrected chi connectivity index (χ2v) is 5.22. The van der Waals surface area contributed by atoms with Gasteiger partial charge in [-0.3, -0.25) is 4.98 Å². The summed E-state index contributed by atoms with van der Waals surface area (Å²) in [7, 11) is 0. The number of pyridine rings is 1. The Kier molecular flexibility index (Phi) is 3.29. The zero-order valence-electron chi connectivity index (χ0n) is 10.8. The van der Waals surface area contributed by atoms with E-state index in [1.165, 1.54) is 6.42 Å². The summed E-state index contributed by atoms with van der Waals surface area (Å²) in [6, 6.07) is 3.81. The zero-order chi connectivity index (χ0) is 13.1. The van der Waals surface area contributed by atoms with E-state index in [4.69, 9.17) is 0 Å². The molecule has 0 spiro atoms. The summed E-state index contributed by atoms with van der Waals surface area (Å²) in [6.07, 6.45) is 8.84. The zero-order valence-corrected chi connectivity index (χ0v) is 10.8. The minimum absolute atomic E-state index is 0.146. The first-order chi connectivity index (χ1) is 9.31. The average Bonchev–Trinajstić information content (AvgIpc) is 2.48. The molecule has 0 radical (unpaired) electrons. The number of aliphatic hydroxyl groups is 1. The second-order valence-electron chi connectivity index (χ2n) is 5.22. The number of fused-ring (bicyclic) bond motifs is 1. The first kappa shape index (κ1) is 12.3. The van der Waals surface area contributed by atoms with Crippen molar-refractivity contribution in [2.24, 2.45) is 0 Å². The largest absolute Gasteiger partial charge is 0.394 e. The van der Waals surface area contributed by atoms with Crippen LogP contribution in [0.2, 0.25) is 0 Å². The van der Waals surface area contributed by atoms with Gasteiger partial charge in [0.1, 0.15) is 11.3 Å². The molecule has 0 amide bonds. The van der Waals surface area contributed by atoms with Crippen molar-refractivity contribution in [3.05, 3.63) is 24.5 Å². The molecule has 1 fully saturated rings. The molecule has 0 saturated heterocycles. The fourth-order valence-electron chi connectivity index (χ4n) is 2.75. The second kappa shape index (κ2) is 5.09. The van der Waals surface area contributed by atoms with Crippen LogP contribution in [-0.4, -0.2) is 32.2 Å². The molecule has 3 rings (SSSR count). The molecule has 5 nitrogen and oxygen atoms in total. The van der Waals surface area contributed by atoms with E-state index in [0.29, 0.717) is 5.65 Å². The van der Waals surface area contributed by atoms with Crippen LogP contribution in [0, 0.1) is 0 Å². The van der Waals surface area contributed by atoms with Gasteiger partial charge in [0.2, 0.25) is 0 Å². The molecule has 0 aromatic carbocycles.